The number of halogens is 1. The number of amides is 1. The van der Waals surface area contributed by atoms with Gasteiger partial charge in [-0.2, -0.15) is 0 Å². The number of carbonyl (C=O) groups excluding carboxylic acids is 1. The molecule has 0 saturated carbocycles. The predicted molar refractivity (Wildman–Crippen MR) is 78.2 cm³/mol. The first kappa shape index (κ1) is 15.0. The molecule has 20 heavy (non-hydrogen) atoms. The number of piperidine rings is 1. The van der Waals surface area contributed by atoms with Gasteiger partial charge in [0.25, 0.3) is 5.91 Å². The topological polar surface area (TPSA) is 23.6 Å². The molecule has 1 aliphatic heterocycles. The third-order valence-electron chi connectivity index (χ3n) is 4.07. The van der Waals surface area contributed by atoms with Gasteiger partial charge < -0.3 is 9.80 Å². The highest BCUT2D eigenvalue weighted by molar-refractivity contribution is 5.94. The monoisotopic (exact) mass is 278 g/mol. The van der Waals surface area contributed by atoms with Crippen molar-refractivity contribution < 1.29 is 9.18 Å². The minimum atomic E-state index is -0.437. The number of benzene rings is 1. The van der Waals surface area contributed by atoms with Crippen molar-refractivity contribution in [1.82, 2.24) is 9.80 Å². The molecule has 1 heterocycles. The molecule has 1 amide bonds. The second-order valence-corrected chi connectivity index (χ2v) is 5.47. The molecule has 0 atom stereocenters. The smallest absolute Gasteiger partial charge is 0.256 e. The Morgan fingerprint density at radius 3 is 2.60 bits per heavy atom. The summed E-state index contributed by atoms with van der Waals surface area (Å²) in [7, 11) is 1.79. The van der Waals surface area contributed by atoms with Gasteiger partial charge in [-0.1, -0.05) is 19.1 Å². The minimum Gasteiger partial charge on any atom is -0.339 e. The number of hydrogen-bond donors (Lipinski definition) is 0. The molecule has 0 aromatic heterocycles. The van der Waals surface area contributed by atoms with Crippen molar-refractivity contribution in [2.45, 2.75) is 32.2 Å². The van der Waals surface area contributed by atoms with Crippen molar-refractivity contribution in [3.05, 3.63) is 35.6 Å². The van der Waals surface area contributed by atoms with E-state index in [2.05, 4.69) is 11.8 Å². The fourth-order valence-corrected chi connectivity index (χ4v) is 2.84. The van der Waals surface area contributed by atoms with Gasteiger partial charge in [0.05, 0.1) is 5.56 Å². The standard InChI is InChI=1S/C16H23FN2O/c1-3-10-19-11-8-13(9-12-19)18(2)16(20)14-6-4-5-7-15(14)17/h4-7,13H,3,8-12H2,1-2H3. The molecule has 0 spiro atoms. The normalized spacial score (nSPS) is 17.1. The zero-order chi connectivity index (χ0) is 14.5. The van der Waals surface area contributed by atoms with Crippen LogP contribution in [0.5, 0.6) is 0 Å². The Hall–Kier alpha value is -1.42. The molecule has 0 N–H and O–H groups in total. The fourth-order valence-electron chi connectivity index (χ4n) is 2.84. The molecule has 4 heteroatoms. The van der Waals surface area contributed by atoms with Crippen molar-refractivity contribution in [2.24, 2.45) is 0 Å². The number of carbonyl (C=O) groups is 1. The Bertz CT molecular complexity index is 456. The average Bonchev–Trinajstić information content (AvgIpc) is 2.47. The summed E-state index contributed by atoms with van der Waals surface area (Å²) in [5, 5.41) is 0. The van der Waals surface area contributed by atoms with Crippen LogP contribution in [0.25, 0.3) is 0 Å². The summed E-state index contributed by atoms with van der Waals surface area (Å²) in [6.45, 7) is 5.35. The summed E-state index contributed by atoms with van der Waals surface area (Å²) in [5.41, 5.74) is 0.172. The zero-order valence-electron chi connectivity index (χ0n) is 12.3. The highest BCUT2D eigenvalue weighted by atomic mass is 19.1. The maximum Gasteiger partial charge on any atom is 0.256 e. The Kier molecular flexibility index (Phi) is 5.12. The molecule has 1 fully saturated rings. The van der Waals surface area contributed by atoms with E-state index in [4.69, 9.17) is 0 Å². The molecule has 0 bridgehead atoms. The Labute approximate surface area is 120 Å². The SMILES string of the molecule is CCCN1CCC(N(C)C(=O)c2ccccc2F)CC1. The van der Waals surface area contributed by atoms with Crippen molar-refractivity contribution in [2.75, 3.05) is 26.7 Å². The lowest BCUT2D eigenvalue weighted by molar-refractivity contribution is 0.0638. The van der Waals surface area contributed by atoms with E-state index in [9.17, 15) is 9.18 Å². The van der Waals surface area contributed by atoms with E-state index in [0.29, 0.717) is 0 Å². The van der Waals surface area contributed by atoms with Gasteiger partial charge in [-0.25, -0.2) is 4.39 Å². The molecule has 2 rings (SSSR count). The van der Waals surface area contributed by atoms with Crippen LogP contribution < -0.4 is 0 Å². The molecule has 1 aromatic carbocycles. The van der Waals surface area contributed by atoms with Gasteiger partial charge in [0.15, 0.2) is 0 Å². The summed E-state index contributed by atoms with van der Waals surface area (Å²) in [4.78, 5) is 16.5. The second-order valence-electron chi connectivity index (χ2n) is 5.47. The Morgan fingerprint density at radius 1 is 1.35 bits per heavy atom. The molecule has 1 aromatic rings. The van der Waals surface area contributed by atoms with Crippen LogP contribution in [0, 0.1) is 5.82 Å². The van der Waals surface area contributed by atoms with Crippen molar-refractivity contribution in [3.63, 3.8) is 0 Å². The van der Waals surface area contributed by atoms with Gasteiger partial charge in [0.2, 0.25) is 0 Å². The highest BCUT2D eigenvalue weighted by Crippen LogP contribution is 2.18. The van der Waals surface area contributed by atoms with Crippen LogP contribution in [0.4, 0.5) is 4.39 Å². The van der Waals surface area contributed by atoms with E-state index in [1.165, 1.54) is 6.07 Å². The number of rotatable bonds is 4. The zero-order valence-corrected chi connectivity index (χ0v) is 12.3. The largest absolute Gasteiger partial charge is 0.339 e. The second kappa shape index (κ2) is 6.84. The van der Waals surface area contributed by atoms with Gasteiger partial charge >= 0.3 is 0 Å². The van der Waals surface area contributed by atoms with Crippen molar-refractivity contribution >= 4 is 5.91 Å². The first-order valence-electron chi connectivity index (χ1n) is 7.37. The molecule has 0 unspecified atom stereocenters. The third-order valence-corrected chi connectivity index (χ3v) is 4.07. The lowest BCUT2D eigenvalue weighted by atomic mass is 10.0. The van der Waals surface area contributed by atoms with E-state index in [-0.39, 0.29) is 17.5 Å². The van der Waals surface area contributed by atoms with Gasteiger partial charge in [-0.15, -0.1) is 0 Å². The Balaban J connectivity index is 1.97. The maximum absolute atomic E-state index is 13.7. The minimum absolute atomic E-state index is 0.172. The molecule has 3 nitrogen and oxygen atoms in total. The number of hydrogen-bond acceptors (Lipinski definition) is 2. The van der Waals surface area contributed by atoms with Gasteiger partial charge in [-0.3, -0.25) is 4.79 Å². The molecule has 1 saturated heterocycles. The first-order chi connectivity index (χ1) is 9.63. The summed E-state index contributed by atoms with van der Waals surface area (Å²) in [6.07, 6.45) is 3.10. The molecule has 1 aliphatic rings. The summed E-state index contributed by atoms with van der Waals surface area (Å²) < 4.78 is 13.7. The van der Waals surface area contributed by atoms with Crippen LogP contribution in [0.2, 0.25) is 0 Å². The molecular formula is C16H23FN2O. The van der Waals surface area contributed by atoms with Crippen LogP contribution in [-0.2, 0) is 0 Å². The molecule has 110 valence electrons. The van der Waals surface area contributed by atoms with Crippen LogP contribution in [0.15, 0.2) is 24.3 Å². The quantitative estimate of drug-likeness (QED) is 0.845. The third kappa shape index (κ3) is 3.37. The van der Waals surface area contributed by atoms with E-state index in [1.54, 1.807) is 30.1 Å². The van der Waals surface area contributed by atoms with E-state index in [1.807, 2.05) is 0 Å². The molecule has 0 radical (unpaired) electrons. The summed E-state index contributed by atoms with van der Waals surface area (Å²) in [6, 6.07) is 6.42. The van der Waals surface area contributed by atoms with Crippen LogP contribution in [0.1, 0.15) is 36.5 Å². The maximum atomic E-state index is 13.7. The van der Waals surface area contributed by atoms with E-state index < -0.39 is 5.82 Å². The van der Waals surface area contributed by atoms with Crippen molar-refractivity contribution in [1.29, 1.82) is 0 Å². The van der Waals surface area contributed by atoms with Gasteiger partial charge in [0, 0.05) is 26.2 Å². The van der Waals surface area contributed by atoms with Crippen LogP contribution in [0.3, 0.4) is 0 Å². The lowest BCUT2D eigenvalue weighted by Crippen LogP contribution is -2.45. The van der Waals surface area contributed by atoms with Crippen molar-refractivity contribution in [3.8, 4) is 0 Å². The van der Waals surface area contributed by atoms with Gasteiger partial charge in [-0.05, 0) is 37.9 Å². The molecule has 0 aliphatic carbocycles. The number of likely N-dealkylation sites (tertiary alicyclic amines) is 1. The van der Waals surface area contributed by atoms with E-state index >= 15 is 0 Å². The first-order valence-corrected chi connectivity index (χ1v) is 7.37. The van der Waals surface area contributed by atoms with Crippen LogP contribution in [-0.4, -0.2) is 48.4 Å². The average molecular weight is 278 g/mol. The summed E-state index contributed by atoms with van der Waals surface area (Å²) in [5.74, 6) is -0.648. The number of nitrogens with zero attached hydrogens (tertiary/aromatic N) is 2. The fraction of sp³-hybridized carbons (Fsp3) is 0.562. The predicted octanol–water partition coefficient (Wildman–Crippen LogP) is 2.77. The molecular weight excluding hydrogens is 255 g/mol. The Morgan fingerprint density at radius 2 is 2.00 bits per heavy atom. The van der Waals surface area contributed by atoms with E-state index in [0.717, 1.165) is 38.9 Å². The lowest BCUT2D eigenvalue weighted by Gasteiger charge is -2.36. The highest BCUT2D eigenvalue weighted by Gasteiger charge is 2.26. The summed E-state index contributed by atoms with van der Waals surface area (Å²) >= 11 is 0. The van der Waals surface area contributed by atoms with Gasteiger partial charge in [0.1, 0.15) is 5.82 Å². The van der Waals surface area contributed by atoms with Crippen LogP contribution >= 0.6 is 0 Å².